The van der Waals surface area contributed by atoms with Gasteiger partial charge in [0.25, 0.3) is 5.91 Å². The first-order valence-corrected chi connectivity index (χ1v) is 9.58. The number of benzene rings is 2. The molecule has 6 nitrogen and oxygen atoms in total. The van der Waals surface area contributed by atoms with E-state index in [1.165, 1.54) is 13.1 Å². The van der Waals surface area contributed by atoms with Gasteiger partial charge in [0.1, 0.15) is 6.04 Å². The molecule has 0 saturated carbocycles. The molecule has 7 heteroatoms. The van der Waals surface area contributed by atoms with Crippen LogP contribution in [0.25, 0.3) is 0 Å². The van der Waals surface area contributed by atoms with Crippen molar-refractivity contribution in [1.82, 2.24) is 5.43 Å². The van der Waals surface area contributed by atoms with Crippen molar-refractivity contribution in [1.29, 1.82) is 0 Å². The van der Waals surface area contributed by atoms with Crippen LogP contribution in [0.5, 0.6) is 0 Å². The van der Waals surface area contributed by atoms with Crippen molar-refractivity contribution >= 4 is 27.8 Å². The predicted octanol–water partition coefficient (Wildman–Crippen LogP) is 2.30. The first kappa shape index (κ1) is 18.7. The molecule has 2 aromatic carbocycles. The lowest BCUT2D eigenvalue weighted by atomic mass is 10.2. The highest BCUT2D eigenvalue weighted by Gasteiger charge is 2.28. The smallest absolute Gasteiger partial charge is 0.263 e. The molecule has 1 amide bonds. The second-order valence-electron chi connectivity index (χ2n) is 5.72. The van der Waals surface area contributed by atoms with E-state index in [1.54, 1.807) is 30.3 Å². The van der Waals surface area contributed by atoms with Crippen molar-refractivity contribution in [2.75, 3.05) is 10.6 Å². The fraction of sp³-hybridized carbons (Fsp3) is 0.222. The molecule has 0 aliphatic carbocycles. The molecule has 0 aromatic heterocycles. The number of hydrogen-bond acceptors (Lipinski definition) is 4. The van der Waals surface area contributed by atoms with E-state index in [1.807, 2.05) is 31.2 Å². The Morgan fingerprint density at radius 2 is 1.84 bits per heavy atom. The van der Waals surface area contributed by atoms with Crippen LogP contribution in [0.3, 0.4) is 0 Å². The lowest BCUT2D eigenvalue weighted by Crippen LogP contribution is -2.46. The number of carbonyl (C=O) groups excluding carboxylic acids is 1. The van der Waals surface area contributed by atoms with Crippen LogP contribution in [-0.2, 0) is 14.8 Å². The summed E-state index contributed by atoms with van der Waals surface area (Å²) < 4.78 is 25.3. The van der Waals surface area contributed by atoms with Gasteiger partial charge in [-0.25, -0.2) is 13.8 Å². The molecule has 132 valence electrons. The van der Waals surface area contributed by atoms with Crippen LogP contribution in [0, 0.1) is 6.92 Å². The number of anilines is 1. The Balaban J connectivity index is 2.14. The molecule has 0 radical (unpaired) electrons. The maximum Gasteiger partial charge on any atom is 0.263 e. The lowest BCUT2D eigenvalue weighted by Gasteiger charge is -2.27. The molecular formula is C18H21N3O3S. The second-order valence-corrected chi connectivity index (χ2v) is 7.58. The average Bonchev–Trinajstić information content (AvgIpc) is 2.54. The van der Waals surface area contributed by atoms with Crippen LogP contribution in [-0.4, -0.2) is 32.8 Å². The second kappa shape index (κ2) is 7.94. The van der Waals surface area contributed by atoms with Gasteiger partial charge in [0.2, 0.25) is 10.0 Å². The Morgan fingerprint density at radius 3 is 2.44 bits per heavy atom. The molecule has 0 aliphatic heterocycles. The van der Waals surface area contributed by atoms with Crippen molar-refractivity contribution in [3.63, 3.8) is 0 Å². The third-order valence-corrected chi connectivity index (χ3v) is 4.77. The number of nitrogens with one attached hydrogen (secondary N) is 1. The van der Waals surface area contributed by atoms with Crippen LogP contribution in [0.2, 0.25) is 0 Å². The third-order valence-electron chi connectivity index (χ3n) is 3.53. The van der Waals surface area contributed by atoms with Crippen molar-refractivity contribution in [2.24, 2.45) is 5.10 Å². The van der Waals surface area contributed by atoms with Crippen molar-refractivity contribution in [3.05, 3.63) is 65.7 Å². The standard InChI is InChI=1S/C18H21N3O3S/c1-14-8-7-9-16(12-14)13-19-20-18(22)15(2)21(25(3,23)24)17-10-5-4-6-11-17/h4-13,15H,1-3H3,(H,20,22)/b19-13-/t15-/m1/s1. The number of carbonyl (C=O) groups is 1. The molecular weight excluding hydrogens is 338 g/mol. The number of sulfonamides is 1. The molecule has 0 unspecified atom stereocenters. The zero-order valence-electron chi connectivity index (χ0n) is 14.4. The summed E-state index contributed by atoms with van der Waals surface area (Å²) in [6.45, 7) is 3.48. The topological polar surface area (TPSA) is 78.8 Å². The van der Waals surface area contributed by atoms with Gasteiger partial charge in [-0.3, -0.25) is 9.10 Å². The van der Waals surface area contributed by atoms with Crippen LogP contribution < -0.4 is 9.73 Å². The fourth-order valence-electron chi connectivity index (χ4n) is 2.40. The SMILES string of the molecule is Cc1cccc(/C=N\NC(=O)[C@@H](C)N(c2ccccc2)S(C)(=O)=O)c1. The summed E-state index contributed by atoms with van der Waals surface area (Å²) in [5, 5.41) is 3.92. The van der Waals surface area contributed by atoms with Gasteiger partial charge in [-0.2, -0.15) is 5.10 Å². The van der Waals surface area contributed by atoms with Crippen molar-refractivity contribution in [2.45, 2.75) is 19.9 Å². The molecule has 2 rings (SSSR count). The molecule has 0 fully saturated rings. The third kappa shape index (κ3) is 5.15. The van der Waals surface area contributed by atoms with Crippen LogP contribution in [0.4, 0.5) is 5.69 Å². The molecule has 25 heavy (non-hydrogen) atoms. The van der Waals surface area contributed by atoms with Crippen LogP contribution in [0.1, 0.15) is 18.1 Å². The van der Waals surface area contributed by atoms with Gasteiger partial charge in [0.15, 0.2) is 0 Å². The lowest BCUT2D eigenvalue weighted by molar-refractivity contribution is -0.121. The zero-order chi connectivity index (χ0) is 18.4. The molecule has 0 saturated heterocycles. The van der Waals surface area contributed by atoms with Crippen molar-refractivity contribution < 1.29 is 13.2 Å². The number of aryl methyl sites for hydroxylation is 1. The van der Waals surface area contributed by atoms with Gasteiger partial charge >= 0.3 is 0 Å². The largest absolute Gasteiger partial charge is 0.271 e. The summed E-state index contributed by atoms with van der Waals surface area (Å²) in [4.78, 5) is 12.3. The quantitative estimate of drug-likeness (QED) is 0.635. The van der Waals surface area contributed by atoms with E-state index < -0.39 is 22.0 Å². The van der Waals surface area contributed by atoms with Crippen LogP contribution in [0.15, 0.2) is 59.7 Å². The molecule has 1 atom stereocenters. The van der Waals surface area contributed by atoms with E-state index in [0.29, 0.717) is 5.69 Å². The van der Waals surface area contributed by atoms with Gasteiger partial charge < -0.3 is 0 Å². The Hall–Kier alpha value is -2.67. The number of hydrazone groups is 1. The van der Waals surface area contributed by atoms with Gasteiger partial charge in [-0.15, -0.1) is 0 Å². The van der Waals surface area contributed by atoms with Gasteiger partial charge in [0, 0.05) is 0 Å². The zero-order valence-corrected chi connectivity index (χ0v) is 15.2. The minimum absolute atomic E-state index is 0.426. The summed E-state index contributed by atoms with van der Waals surface area (Å²) in [6, 6.07) is 15.2. The monoisotopic (exact) mass is 359 g/mol. The number of para-hydroxylation sites is 1. The normalized spacial score (nSPS) is 12.8. The van der Waals surface area contributed by atoms with E-state index in [2.05, 4.69) is 10.5 Å². The predicted molar refractivity (Wildman–Crippen MR) is 100 cm³/mol. The molecule has 1 N–H and O–H groups in total. The van der Waals surface area contributed by atoms with Gasteiger partial charge in [-0.05, 0) is 31.5 Å². The first-order valence-electron chi connectivity index (χ1n) is 7.73. The fourth-order valence-corrected chi connectivity index (χ4v) is 3.57. The van der Waals surface area contributed by atoms with Gasteiger partial charge in [-0.1, -0.05) is 48.0 Å². The minimum atomic E-state index is -3.62. The van der Waals surface area contributed by atoms with Crippen LogP contribution >= 0.6 is 0 Å². The Kier molecular flexibility index (Phi) is 5.93. The average molecular weight is 359 g/mol. The first-order chi connectivity index (χ1) is 11.8. The highest BCUT2D eigenvalue weighted by atomic mass is 32.2. The summed E-state index contributed by atoms with van der Waals surface area (Å²) in [5.74, 6) is -0.516. The van der Waals surface area contributed by atoms with E-state index in [0.717, 1.165) is 21.7 Å². The number of hydrogen-bond donors (Lipinski definition) is 1. The van der Waals surface area contributed by atoms with E-state index in [-0.39, 0.29) is 0 Å². The van der Waals surface area contributed by atoms with E-state index >= 15 is 0 Å². The highest BCUT2D eigenvalue weighted by Crippen LogP contribution is 2.20. The molecule has 0 spiro atoms. The summed E-state index contributed by atoms with van der Waals surface area (Å²) in [5.41, 5.74) is 4.75. The Morgan fingerprint density at radius 1 is 1.16 bits per heavy atom. The van der Waals surface area contributed by atoms with E-state index in [9.17, 15) is 13.2 Å². The highest BCUT2D eigenvalue weighted by molar-refractivity contribution is 7.92. The minimum Gasteiger partial charge on any atom is -0.271 e. The summed E-state index contributed by atoms with van der Waals surface area (Å²) in [7, 11) is -3.62. The maximum atomic E-state index is 12.3. The summed E-state index contributed by atoms with van der Waals surface area (Å²) >= 11 is 0. The summed E-state index contributed by atoms with van der Waals surface area (Å²) in [6.07, 6.45) is 2.59. The number of amides is 1. The maximum absolute atomic E-state index is 12.3. The number of rotatable bonds is 6. The molecule has 0 aliphatic rings. The molecule has 0 heterocycles. The Labute approximate surface area is 148 Å². The number of nitrogens with zero attached hydrogens (tertiary/aromatic N) is 2. The van der Waals surface area contributed by atoms with E-state index in [4.69, 9.17) is 0 Å². The Bertz CT molecular complexity index is 864. The molecule has 2 aromatic rings. The van der Waals surface area contributed by atoms with Crippen molar-refractivity contribution in [3.8, 4) is 0 Å². The van der Waals surface area contributed by atoms with Gasteiger partial charge in [0.05, 0.1) is 18.2 Å². The molecule has 0 bridgehead atoms.